The first-order chi connectivity index (χ1) is 13.2. The molecule has 7 heteroatoms. The van der Waals surface area contributed by atoms with Crippen molar-refractivity contribution in [3.8, 4) is 0 Å². The molecule has 0 aliphatic heterocycles. The van der Waals surface area contributed by atoms with Crippen molar-refractivity contribution in [3.63, 3.8) is 0 Å². The van der Waals surface area contributed by atoms with Gasteiger partial charge in [-0.2, -0.15) is 0 Å². The van der Waals surface area contributed by atoms with Crippen LogP contribution < -0.4 is 16.0 Å². The average Bonchev–Trinajstić information content (AvgIpc) is 3.01. The molecule has 148 valence electrons. The topological polar surface area (TPSA) is 113 Å². The van der Waals surface area contributed by atoms with Crippen molar-refractivity contribution < 1.29 is 23.5 Å². The molecule has 0 aliphatic carbocycles. The lowest BCUT2D eigenvalue weighted by atomic mass is 9.99. The monoisotopic (exact) mass is 384 g/mol. The molecule has 28 heavy (non-hydrogen) atoms. The quantitative estimate of drug-likeness (QED) is 0.651. The van der Waals surface area contributed by atoms with Crippen molar-refractivity contribution in [1.82, 2.24) is 5.32 Å². The van der Waals surface area contributed by atoms with Crippen LogP contribution in [0.2, 0.25) is 0 Å². The van der Waals surface area contributed by atoms with E-state index in [4.69, 9.17) is 8.83 Å². The summed E-state index contributed by atoms with van der Waals surface area (Å²) < 4.78 is 11.1. The lowest BCUT2D eigenvalue weighted by Crippen LogP contribution is -2.48. The van der Waals surface area contributed by atoms with Crippen LogP contribution in [0.25, 0.3) is 21.9 Å². The van der Waals surface area contributed by atoms with Crippen LogP contribution in [0.4, 0.5) is 0 Å². The highest BCUT2D eigenvalue weighted by Gasteiger charge is 2.20. The van der Waals surface area contributed by atoms with Crippen LogP contribution in [0.15, 0.2) is 26.0 Å². The lowest BCUT2D eigenvalue weighted by molar-refractivity contribution is -0.308. The van der Waals surface area contributed by atoms with Gasteiger partial charge >= 0.3 is 5.63 Å². The Hall–Kier alpha value is -3.09. The van der Waals surface area contributed by atoms with Crippen LogP contribution in [0.3, 0.4) is 0 Å². The minimum atomic E-state index is -1.34. The van der Waals surface area contributed by atoms with Gasteiger partial charge in [-0.15, -0.1) is 0 Å². The summed E-state index contributed by atoms with van der Waals surface area (Å²) in [7, 11) is 0. The zero-order valence-corrected chi connectivity index (χ0v) is 16.3. The molecule has 0 radical (unpaired) electrons. The van der Waals surface area contributed by atoms with Gasteiger partial charge in [0.25, 0.3) is 0 Å². The molecule has 3 aromatic rings. The molecule has 0 bridgehead atoms. The normalized spacial score (nSPS) is 12.4. The van der Waals surface area contributed by atoms with Gasteiger partial charge in [-0.05, 0) is 44.4 Å². The van der Waals surface area contributed by atoms with E-state index in [9.17, 15) is 19.5 Å². The molecular formula is C21H22NO6-. The van der Waals surface area contributed by atoms with Crippen molar-refractivity contribution in [2.75, 3.05) is 0 Å². The van der Waals surface area contributed by atoms with Gasteiger partial charge in [0.1, 0.15) is 11.2 Å². The molecule has 1 atom stereocenters. The van der Waals surface area contributed by atoms with Crippen LogP contribution in [0, 0.1) is 20.8 Å². The fourth-order valence-electron chi connectivity index (χ4n) is 3.47. The molecule has 2 heterocycles. The van der Waals surface area contributed by atoms with Gasteiger partial charge < -0.3 is 24.1 Å². The van der Waals surface area contributed by atoms with Gasteiger partial charge in [0.15, 0.2) is 0 Å². The van der Waals surface area contributed by atoms with E-state index in [1.165, 1.54) is 0 Å². The van der Waals surface area contributed by atoms with E-state index < -0.39 is 23.5 Å². The number of furan rings is 1. The van der Waals surface area contributed by atoms with Gasteiger partial charge in [-0.25, -0.2) is 4.79 Å². The summed E-state index contributed by atoms with van der Waals surface area (Å²) in [6.07, 6.45) is 2.22. The van der Waals surface area contributed by atoms with Crippen LogP contribution in [-0.4, -0.2) is 17.9 Å². The second-order valence-electron chi connectivity index (χ2n) is 7.07. The molecule has 1 N–H and O–H groups in total. The van der Waals surface area contributed by atoms with Crippen molar-refractivity contribution in [2.24, 2.45) is 0 Å². The number of hydrogen-bond acceptors (Lipinski definition) is 6. The predicted molar refractivity (Wildman–Crippen MR) is 102 cm³/mol. The first kappa shape index (κ1) is 19.7. The molecule has 7 nitrogen and oxygen atoms in total. The number of nitrogens with one attached hydrogen (secondary N) is 1. The highest BCUT2D eigenvalue weighted by molar-refractivity contribution is 6.00. The van der Waals surface area contributed by atoms with Crippen molar-refractivity contribution in [3.05, 3.63) is 45.0 Å². The number of carbonyl (C=O) groups excluding carboxylic acids is 2. The van der Waals surface area contributed by atoms with E-state index in [0.717, 1.165) is 21.9 Å². The van der Waals surface area contributed by atoms with Crippen molar-refractivity contribution in [2.45, 2.75) is 53.0 Å². The third kappa shape index (κ3) is 3.40. The minimum Gasteiger partial charge on any atom is -0.548 e. The number of carbonyl (C=O) groups is 2. The lowest BCUT2D eigenvalue weighted by Gasteiger charge is -2.19. The summed E-state index contributed by atoms with van der Waals surface area (Å²) in [5.41, 5.74) is 2.98. The van der Waals surface area contributed by atoms with E-state index in [-0.39, 0.29) is 18.4 Å². The number of rotatable bonds is 6. The molecule has 0 saturated carbocycles. The number of hydrogen-bond donors (Lipinski definition) is 1. The summed E-state index contributed by atoms with van der Waals surface area (Å²) >= 11 is 0. The second-order valence-corrected chi connectivity index (χ2v) is 7.07. The van der Waals surface area contributed by atoms with Gasteiger partial charge in [-0.3, -0.25) is 4.79 Å². The van der Waals surface area contributed by atoms with Crippen LogP contribution in [0.1, 0.15) is 42.0 Å². The molecule has 2 aromatic heterocycles. The smallest absolute Gasteiger partial charge is 0.340 e. The molecule has 0 fully saturated rings. The standard InChI is InChI=1S/C21H23NO6/c1-5-6-16(20(24)25)22-17(23)8-15-11(3)14-7-13-10(2)9-27-18(13)12(4)19(14)28-21(15)26/h7,9,16H,5-6,8H2,1-4H3,(H,22,23)(H,24,25)/p-1/t16-/m1/s1. The number of benzene rings is 1. The summed E-state index contributed by atoms with van der Waals surface area (Å²) in [5.74, 6) is -1.90. The van der Waals surface area contributed by atoms with E-state index in [1.807, 2.05) is 26.8 Å². The largest absolute Gasteiger partial charge is 0.548 e. The minimum absolute atomic E-state index is 0.207. The molecule has 0 aliphatic rings. The van der Waals surface area contributed by atoms with Crippen molar-refractivity contribution >= 4 is 33.8 Å². The van der Waals surface area contributed by atoms with Gasteiger partial charge in [-0.1, -0.05) is 13.3 Å². The van der Waals surface area contributed by atoms with E-state index in [1.54, 1.807) is 13.2 Å². The van der Waals surface area contributed by atoms with Crippen LogP contribution in [0.5, 0.6) is 0 Å². The highest BCUT2D eigenvalue weighted by atomic mass is 16.4. The van der Waals surface area contributed by atoms with Crippen molar-refractivity contribution in [1.29, 1.82) is 0 Å². The Kier molecular flexibility index (Phi) is 5.27. The maximum atomic E-state index is 12.5. The number of carboxylic acids is 1. The number of carboxylic acid groups (broad SMARTS) is 1. The predicted octanol–water partition coefficient (Wildman–Crippen LogP) is 2.04. The Balaban J connectivity index is 2.03. The molecule has 3 rings (SSSR count). The fourth-order valence-corrected chi connectivity index (χ4v) is 3.47. The molecule has 0 saturated heterocycles. The Labute approximate surface area is 161 Å². The summed E-state index contributed by atoms with van der Waals surface area (Å²) in [4.78, 5) is 36.0. The zero-order valence-electron chi connectivity index (χ0n) is 16.3. The van der Waals surface area contributed by atoms with Crippen LogP contribution in [-0.2, 0) is 16.0 Å². The third-order valence-electron chi connectivity index (χ3n) is 5.07. The zero-order chi connectivity index (χ0) is 20.6. The fraction of sp³-hybridized carbons (Fsp3) is 0.381. The van der Waals surface area contributed by atoms with E-state index in [2.05, 4.69) is 5.32 Å². The SMILES string of the molecule is CCC[C@@H](NC(=O)Cc1c(C)c2cc3c(C)coc3c(C)c2oc1=O)C(=O)[O-]. The van der Waals surface area contributed by atoms with Gasteiger partial charge in [0.2, 0.25) is 5.91 Å². The molecule has 0 spiro atoms. The summed E-state index contributed by atoms with van der Waals surface area (Å²) in [6.45, 7) is 7.31. The third-order valence-corrected chi connectivity index (χ3v) is 5.07. The number of aliphatic carboxylic acids is 1. The first-order valence-electron chi connectivity index (χ1n) is 9.18. The Bertz CT molecular complexity index is 1140. The highest BCUT2D eigenvalue weighted by Crippen LogP contribution is 2.32. The van der Waals surface area contributed by atoms with Crippen LogP contribution >= 0.6 is 0 Å². The molecule has 1 aromatic carbocycles. The summed E-state index contributed by atoms with van der Waals surface area (Å²) in [5, 5.41) is 15.2. The molecule has 0 unspecified atom stereocenters. The number of aryl methyl sites for hydroxylation is 3. The maximum absolute atomic E-state index is 12.5. The molecular weight excluding hydrogens is 362 g/mol. The number of fused-ring (bicyclic) bond motifs is 2. The second kappa shape index (κ2) is 7.50. The summed E-state index contributed by atoms with van der Waals surface area (Å²) in [6, 6.07) is 0.804. The van der Waals surface area contributed by atoms with Gasteiger partial charge in [0, 0.05) is 16.3 Å². The average molecular weight is 384 g/mol. The Morgan fingerprint density at radius 2 is 1.86 bits per heavy atom. The van der Waals surface area contributed by atoms with E-state index in [0.29, 0.717) is 23.2 Å². The Morgan fingerprint density at radius 3 is 2.50 bits per heavy atom. The maximum Gasteiger partial charge on any atom is 0.340 e. The first-order valence-corrected chi connectivity index (χ1v) is 9.18. The Morgan fingerprint density at radius 1 is 1.14 bits per heavy atom. The van der Waals surface area contributed by atoms with Gasteiger partial charge in [0.05, 0.1) is 30.3 Å². The molecule has 1 amide bonds. The number of amides is 1. The van der Waals surface area contributed by atoms with E-state index >= 15 is 0 Å².